The van der Waals surface area contributed by atoms with E-state index in [9.17, 15) is 20.0 Å². The van der Waals surface area contributed by atoms with Crippen LogP contribution < -0.4 is 0 Å². The van der Waals surface area contributed by atoms with E-state index >= 15 is 0 Å². The van der Waals surface area contributed by atoms with Gasteiger partial charge in [0.1, 0.15) is 0 Å². The third-order valence-corrected chi connectivity index (χ3v) is 7.24. The Labute approximate surface area is 201 Å². The van der Waals surface area contributed by atoms with Gasteiger partial charge in [-0.1, -0.05) is 44.5 Å². The first-order chi connectivity index (χ1) is 16.1. The van der Waals surface area contributed by atoms with Crippen molar-refractivity contribution in [2.24, 2.45) is 11.3 Å². The summed E-state index contributed by atoms with van der Waals surface area (Å²) in [6.45, 7) is 8.08. The molecule has 0 amide bonds. The van der Waals surface area contributed by atoms with E-state index in [-0.39, 0.29) is 18.1 Å². The molecule has 0 spiro atoms. The summed E-state index contributed by atoms with van der Waals surface area (Å²) in [6, 6.07) is 16.0. The van der Waals surface area contributed by atoms with Gasteiger partial charge in [0.15, 0.2) is 5.78 Å². The SMILES string of the molecule is CC(C)c1ccc2c(c1)c(C(=O)C1CCC1)c(CC(C)(C)C(=O)O)n2Cc1ccccc1C#N. The fraction of sp³-hybridized carbons (Fsp3) is 0.414. The molecule has 3 aromatic rings. The maximum absolute atomic E-state index is 13.8. The molecule has 5 nitrogen and oxygen atoms in total. The molecule has 0 atom stereocenters. The lowest BCUT2D eigenvalue weighted by Crippen LogP contribution is -2.29. The highest BCUT2D eigenvalue weighted by Gasteiger charge is 2.36. The van der Waals surface area contributed by atoms with Crippen LogP contribution in [0.2, 0.25) is 0 Å². The number of Topliss-reactive ketones (excluding diaryl/α,β-unsaturated/α-hetero) is 1. The van der Waals surface area contributed by atoms with Gasteiger partial charge in [-0.05, 0) is 61.9 Å². The zero-order valence-corrected chi connectivity index (χ0v) is 20.4. The highest BCUT2D eigenvalue weighted by molar-refractivity contribution is 6.11. The van der Waals surface area contributed by atoms with Crippen LogP contribution in [0.25, 0.3) is 10.9 Å². The van der Waals surface area contributed by atoms with E-state index in [4.69, 9.17) is 0 Å². The second-order valence-electron chi connectivity index (χ2n) is 10.5. The average molecular weight is 457 g/mol. The lowest BCUT2D eigenvalue weighted by Gasteiger charge is -2.26. The normalized spacial score (nSPS) is 14.2. The molecule has 176 valence electrons. The summed E-state index contributed by atoms with van der Waals surface area (Å²) in [4.78, 5) is 25.9. The van der Waals surface area contributed by atoms with Crippen LogP contribution in [0.5, 0.6) is 0 Å². The minimum Gasteiger partial charge on any atom is -0.481 e. The fourth-order valence-electron chi connectivity index (χ4n) is 4.73. The number of hydrogen-bond acceptors (Lipinski definition) is 3. The molecule has 1 fully saturated rings. The molecule has 1 aliphatic carbocycles. The summed E-state index contributed by atoms with van der Waals surface area (Å²) in [7, 11) is 0. The van der Waals surface area contributed by atoms with Gasteiger partial charge in [-0.25, -0.2) is 0 Å². The van der Waals surface area contributed by atoms with Gasteiger partial charge >= 0.3 is 5.97 Å². The fourth-order valence-corrected chi connectivity index (χ4v) is 4.73. The number of nitrogens with zero attached hydrogens (tertiary/aromatic N) is 2. The number of aromatic nitrogens is 1. The Morgan fingerprint density at radius 1 is 1.18 bits per heavy atom. The van der Waals surface area contributed by atoms with Crippen LogP contribution in [0.3, 0.4) is 0 Å². The molecule has 1 heterocycles. The first-order valence-corrected chi connectivity index (χ1v) is 12.0. The number of hydrogen-bond donors (Lipinski definition) is 1. The van der Waals surface area contributed by atoms with Crippen LogP contribution in [0.4, 0.5) is 0 Å². The van der Waals surface area contributed by atoms with E-state index in [1.807, 2.05) is 18.2 Å². The smallest absolute Gasteiger partial charge is 0.309 e. The topological polar surface area (TPSA) is 83.1 Å². The van der Waals surface area contributed by atoms with Gasteiger partial charge < -0.3 is 9.67 Å². The van der Waals surface area contributed by atoms with E-state index < -0.39 is 11.4 Å². The summed E-state index contributed by atoms with van der Waals surface area (Å²) in [6.07, 6.45) is 3.05. The number of rotatable bonds is 8. The molecule has 34 heavy (non-hydrogen) atoms. The Morgan fingerprint density at radius 2 is 1.88 bits per heavy atom. The van der Waals surface area contributed by atoms with Gasteiger partial charge in [-0.15, -0.1) is 0 Å². The monoisotopic (exact) mass is 456 g/mol. The second-order valence-corrected chi connectivity index (χ2v) is 10.5. The van der Waals surface area contributed by atoms with Crippen LogP contribution in [0.15, 0.2) is 42.5 Å². The second kappa shape index (κ2) is 9.10. The number of carboxylic acid groups (broad SMARTS) is 1. The molecule has 0 unspecified atom stereocenters. The largest absolute Gasteiger partial charge is 0.481 e. The van der Waals surface area contributed by atoms with Crippen LogP contribution in [0, 0.1) is 22.7 Å². The highest BCUT2D eigenvalue weighted by Crippen LogP contribution is 2.39. The van der Waals surface area contributed by atoms with Crippen molar-refractivity contribution in [3.05, 3.63) is 70.4 Å². The third-order valence-electron chi connectivity index (χ3n) is 7.24. The van der Waals surface area contributed by atoms with Crippen molar-refractivity contribution in [2.75, 3.05) is 0 Å². The summed E-state index contributed by atoms with van der Waals surface area (Å²) < 4.78 is 2.08. The maximum atomic E-state index is 13.8. The van der Waals surface area contributed by atoms with E-state index in [0.29, 0.717) is 23.6 Å². The zero-order valence-electron chi connectivity index (χ0n) is 20.4. The van der Waals surface area contributed by atoms with E-state index in [2.05, 4.69) is 42.7 Å². The minimum atomic E-state index is -1.05. The molecular weight excluding hydrogens is 424 g/mol. The maximum Gasteiger partial charge on any atom is 0.309 e. The van der Waals surface area contributed by atoms with Gasteiger partial charge in [-0.3, -0.25) is 9.59 Å². The van der Waals surface area contributed by atoms with Crippen LogP contribution >= 0.6 is 0 Å². The van der Waals surface area contributed by atoms with Crippen molar-refractivity contribution in [3.8, 4) is 6.07 Å². The van der Waals surface area contributed by atoms with Crippen molar-refractivity contribution in [1.82, 2.24) is 4.57 Å². The van der Waals surface area contributed by atoms with Crippen molar-refractivity contribution in [2.45, 2.75) is 65.8 Å². The molecule has 1 aliphatic rings. The number of ketones is 1. The number of benzene rings is 2. The molecule has 1 aromatic heterocycles. The van der Waals surface area contributed by atoms with Crippen LogP contribution in [-0.2, 0) is 17.8 Å². The number of carbonyl (C=O) groups is 2. The Morgan fingerprint density at radius 3 is 2.47 bits per heavy atom. The van der Waals surface area contributed by atoms with Gasteiger partial charge in [0.2, 0.25) is 0 Å². The van der Waals surface area contributed by atoms with Crippen LogP contribution in [-0.4, -0.2) is 21.4 Å². The summed E-state index contributed by atoms with van der Waals surface area (Å²) >= 11 is 0. The van der Waals surface area contributed by atoms with E-state index in [1.165, 1.54) is 0 Å². The van der Waals surface area contributed by atoms with Gasteiger partial charge in [0.25, 0.3) is 0 Å². The average Bonchev–Trinajstić information content (AvgIpc) is 3.04. The van der Waals surface area contributed by atoms with Gasteiger partial charge in [-0.2, -0.15) is 5.26 Å². The van der Waals surface area contributed by atoms with Crippen LogP contribution in [0.1, 0.15) is 85.6 Å². The Kier molecular flexibility index (Phi) is 6.36. The predicted octanol–water partition coefficient (Wildman–Crippen LogP) is 6.32. The molecule has 0 radical (unpaired) electrons. The summed E-state index contributed by atoms with van der Waals surface area (Å²) in [5, 5.41) is 20.5. The van der Waals surface area contributed by atoms with E-state index in [0.717, 1.165) is 47.0 Å². The van der Waals surface area contributed by atoms with Crippen molar-refractivity contribution >= 4 is 22.7 Å². The molecule has 0 saturated heterocycles. The first kappa shape index (κ1) is 23.8. The number of carbonyl (C=O) groups excluding carboxylic acids is 1. The van der Waals surface area contributed by atoms with Crippen molar-refractivity contribution in [1.29, 1.82) is 5.26 Å². The Bertz CT molecular complexity index is 1300. The minimum absolute atomic E-state index is 0.000147. The molecule has 1 N–H and O–H groups in total. The van der Waals surface area contributed by atoms with Gasteiger partial charge in [0.05, 0.1) is 17.0 Å². The molecule has 5 heteroatoms. The van der Waals surface area contributed by atoms with Crippen molar-refractivity contribution in [3.63, 3.8) is 0 Å². The predicted molar refractivity (Wildman–Crippen MR) is 133 cm³/mol. The molecule has 0 aliphatic heterocycles. The summed E-state index contributed by atoms with van der Waals surface area (Å²) in [5.74, 6) is -0.468. The number of nitriles is 1. The third kappa shape index (κ3) is 4.25. The van der Waals surface area contributed by atoms with Crippen molar-refractivity contribution < 1.29 is 14.7 Å². The molecular formula is C29H32N2O3. The lowest BCUT2D eigenvalue weighted by molar-refractivity contribution is -0.146. The zero-order chi connectivity index (χ0) is 24.6. The van der Waals surface area contributed by atoms with E-state index in [1.54, 1.807) is 19.9 Å². The first-order valence-electron chi connectivity index (χ1n) is 12.0. The number of carboxylic acids is 1. The standard InChI is InChI=1S/C29H32N2O3/c1-18(2)20-12-13-24-23(14-20)26(27(32)19-10-7-11-19)25(15-29(3,4)28(33)34)31(24)17-22-9-6-5-8-21(22)16-30/h5-6,8-9,12-14,18-19H,7,10-11,15,17H2,1-4H3,(H,33,34). The quantitative estimate of drug-likeness (QED) is 0.402. The van der Waals surface area contributed by atoms with Gasteiger partial charge in [0, 0.05) is 41.0 Å². The molecule has 0 bridgehead atoms. The summed E-state index contributed by atoms with van der Waals surface area (Å²) in [5.41, 5.74) is 3.88. The molecule has 2 aromatic carbocycles. The lowest BCUT2D eigenvalue weighted by atomic mass is 9.78. The molecule has 4 rings (SSSR count). The highest BCUT2D eigenvalue weighted by atomic mass is 16.4. The number of fused-ring (bicyclic) bond motifs is 1. The number of aliphatic carboxylic acids is 1. The molecule has 1 saturated carbocycles. The Balaban J connectivity index is 2.01. The Hall–Kier alpha value is -3.39.